The molecular weight excluding hydrogens is 214 g/mol. The van der Waals surface area contributed by atoms with Crippen molar-refractivity contribution in [2.45, 2.75) is 32.4 Å². The first-order valence-corrected chi connectivity index (χ1v) is 5.82. The maximum Gasteiger partial charge on any atom is 0.0941 e. The lowest BCUT2D eigenvalue weighted by molar-refractivity contribution is 0.164. The van der Waals surface area contributed by atoms with Crippen LogP contribution in [-0.2, 0) is 0 Å². The van der Waals surface area contributed by atoms with Crippen molar-refractivity contribution in [3.05, 3.63) is 30.1 Å². The van der Waals surface area contributed by atoms with Crippen molar-refractivity contribution in [2.75, 3.05) is 6.54 Å². The van der Waals surface area contributed by atoms with Crippen LogP contribution in [0.3, 0.4) is 0 Å². The van der Waals surface area contributed by atoms with Gasteiger partial charge in [-0.3, -0.25) is 0 Å². The van der Waals surface area contributed by atoms with Gasteiger partial charge >= 0.3 is 0 Å². The highest BCUT2D eigenvalue weighted by atomic mass is 16.3. The number of fused-ring (bicyclic) bond motifs is 1. The second kappa shape index (κ2) is 4.47. The Hall–Kier alpha value is -1.39. The number of nitrogens with one attached hydrogen (secondary N) is 2. The molecule has 4 nitrogen and oxygen atoms in total. The van der Waals surface area contributed by atoms with Crippen LogP contribution < -0.4 is 5.32 Å². The number of aromatic amines is 1. The minimum absolute atomic E-state index is 0.000447. The standard InChI is InChI=1S/C13H19N3O/c1-13(2,3)16-7-11(17)9-5-4-6-10-12(9)15-8-14-10/h4-6,8,11,16-17H,7H2,1-3H3,(H,14,15)/t11-/m0/s1. The van der Waals surface area contributed by atoms with Gasteiger partial charge in [-0.2, -0.15) is 0 Å². The number of aromatic nitrogens is 2. The zero-order chi connectivity index (χ0) is 12.5. The summed E-state index contributed by atoms with van der Waals surface area (Å²) in [4.78, 5) is 7.29. The molecular formula is C13H19N3O. The van der Waals surface area contributed by atoms with Crippen molar-refractivity contribution in [3.63, 3.8) is 0 Å². The van der Waals surface area contributed by atoms with E-state index < -0.39 is 6.10 Å². The predicted molar refractivity (Wildman–Crippen MR) is 68.8 cm³/mol. The van der Waals surface area contributed by atoms with Gasteiger partial charge in [-0.15, -0.1) is 0 Å². The van der Waals surface area contributed by atoms with Gasteiger partial charge in [0.2, 0.25) is 0 Å². The maximum atomic E-state index is 10.2. The fraction of sp³-hybridized carbons (Fsp3) is 0.462. The number of rotatable bonds is 3. The van der Waals surface area contributed by atoms with Crippen LogP contribution in [0.25, 0.3) is 11.0 Å². The normalized spacial score (nSPS) is 14.1. The Balaban J connectivity index is 2.19. The molecule has 0 aliphatic heterocycles. The lowest BCUT2D eigenvalue weighted by Gasteiger charge is -2.23. The van der Waals surface area contributed by atoms with Crippen LogP contribution in [0.4, 0.5) is 0 Å². The molecule has 3 N–H and O–H groups in total. The van der Waals surface area contributed by atoms with Gasteiger partial charge in [0, 0.05) is 17.6 Å². The summed E-state index contributed by atoms with van der Waals surface area (Å²) in [5.74, 6) is 0. The first-order valence-electron chi connectivity index (χ1n) is 5.82. The fourth-order valence-corrected chi connectivity index (χ4v) is 1.77. The lowest BCUT2D eigenvalue weighted by atomic mass is 10.0. The molecule has 0 aliphatic carbocycles. The lowest BCUT2D eigenvalue weighted by Crippen LogP contribution is -2.38. The van der Waals surface area contributed by atoms with Gasteiger partial charge in [0.05, 0.1) is 23.5 Å². The van der Waals surface area contributed by atoms with E-state index in [9.17, 15) is 5.11 Å². The van der Waals surface area contributed by atoms with Crippen molar-refractivity contribution in [1.29, 1.82) is 0 Å². The van der Waals surface area contributed by atoms with Gasteiger partial charge in [0.1, 0.15) is 0 Å². The average Bonchev–Trinajstić information content (AvgIpc) is 2.72. The van der Waals surface area contributed by atoms with Crippen LogP contribution in [0, 0.1) is 0 Å². The van der Waals surface area contributed by atoms with Crippen LogP contribution >= 0.6 is 0 Å². The molecule has 2 aromatic rings. The largest absolute Gasteiger partial charge is 0.387 e. The zero-order valence-electron chi connectivity index (χ0n) is 10.5. The second-order valence-corrected chi connectivity index (χ2v) is 5.29. The number of aliphatic hydroxyl groups excluding tert-OH is 1. The number of hydrogen-bond donors (Lipinski definition) is 3. The van der Waals surface area contributed by atoms with Gasteiger partial charge in [-0.05, 0) is 26.8 Å². The van der Waals surface area contributed by atoms with E-state index in [1.54, 1.807) is 6.33 Å². The van der Waals surface area contributed by atoms with E-state index in [4.69, 9.17) is 0 Å². The number of benzene rings is 1. The fourth-order valence-electron chi connectivity index (χ4n) is 1.77. The number of imidazole rings is 1. The van der Waals surface area contributed by atoms with E-state index in [1.807, 2.05) is 18.2 Å². The highest BCUT2D eigenvalue weighted by molar-refractivity contribution is 5.78. The monoisotopic (exact) mass is 233 g/mol. The third-order valence-corrected chi connectivity index (χ3v) is 2.67. The Bertz CT molecular complexity index is 499. The Labute approximate surface area is 101 Å². The molecule has 0 saturated carbocycles. The molecule has 0 unspecified atom stereocenters. The molecule has 0 aliphatic rings. The summed E-state index contributed by atoms with van der Waals surface area (Å²) in [6.07, 6.45) is 1.11. The van der Waals surface area contributed by atoms with E-state index in [1.165, 1.54) is 0 Å². The number of aliphatic hydroxyl groups is 1. The van der Waals surface area contributed by atoms with Crippen LogP contribution in [0.1, 0.15) is 32.4 Å². The first-order chi connectivity index (χ1) is 7.97. The Kier molecular flexibility index (Phi) is 3.17. The predicted octanol–water partition coefficient (Wildman–Crippen LogP) is 1.98. The zero-order valence-corrected chi connectivity index (χ0v) is 10.5. The molecule has 1 aromatic carbocycles. The van der Waals surface area contributed by atoms with Crippen molar-refractivity contribution >= 4 is 11.0 Å². The topological polar surface area (TPSA) is 60.9 Å². The smallest absolute Gasteiger partial charge is 0.0941 e. The van der Waals surface area contributed by atoms with Gasteiger partial charge in [0.15, 0.2) is 0 Å². The van der Waals surface area contributed by atoms with E-state index >= 15 is 0 Å². The number of β-amino-alcohol motifs (C(OH)–C–C–N with tert-alkyl or cyclic N) is 1. The molecule has 0 bridgehead atoms. The van der Waals surface area contributed by atoms with E-state index in [0.717, 1.165) is 16.6 Å². The molecule has 1 aromatic heterocycles. The molecule has 0 amide bonds. The molecule has 4 heteroatoms. The molecule has 17 heavy (non-hydrogen) atoms. The Morgan fingerprint density at radius 1 is 1.41 bits per heavy atom. The minimum Gasteiger partial charge on any atom is -0.387 e. The van der Waals surface area contributed by atoms with Crippen LogP contribution in [-0.4, -0.2) is 27.2 Å². The summed E-state index contributed by atoms with van der Waals surface area (Å²) in [5.41, 5.74) is 2.66. The van der Waals surface area contributed by atoms with Crippen molar-refractivity contribution in [1.82, 2.24) is 15.3 Å². The molecule has 0 spiro atoms. The highest BCUT2D eigenvalue weighted by Crippen LogP contribution is 2.21. The third kappa shape index (κ3) is 2.84. The molecule has 92 valence electrons. The number of nitrogens with zero attached hydrogens (tertiary/aromatic N) is 1. The van der Waals surface area contributed by atoms with E-state index in [-0.39, 0.29) is 5.54 Å². The van der Waals surface area contributed by atoms with E-state index in [0.29, 0.717) is 6.54 Å². The minimum atomic E-state index is -0.541. The van der Waals surface area contributed by atoms with Gasteiger partial charge in [-0.1, -0.05) is 12.1 Å². The van der Waals surface area contributed by atoms with Gasteiger partial charge < -0.3 is 15.4 Å². The Morgan fingerprint density at radius 2 is 2.18 bits per heavy atom. The number of hydrogen-bond acceptors (Lipinski definition) is 3. The third-order valence-electron chi connectivity index (χ3n) is 2.67. The highest BCUT2D eigenvalue weighted by Gasteiger charge is 2.16. The average molecular weight is 233 g/mol. The van der Waals surface area contributed by atoms with Crippen molar-refractivity contribution in [3.8, 4) is 0 Å². The molecule has 0 radical (unpaired) electrons. The summed E-state index contributed by atoms with van der Waals surface area (Å²) in [7, 11) is 0. The summed E-state index contributed by atoms with van der Waals surface area (Å²) >= 11 is 0. The molecule has 1 atom stereocenters. The van der Waals surface area contributed by atoms with Crippen LogP contribution in [0.2, 0.25) is 0 Å². The summed E-state index contributed by atoms with van der Waals surface area (Å²) in [5, 5.41) is 13.5. The summed E-state index contributed by atoms with van der Waals surface area (Å²) < 4.78 is 0. The Morgan fingerprint density at radius 3 is 2.88 bits per heavy atom. The molecule has 1 heterocycles. The molecule has 0 fully saturated rings. The quantitative estimate of drug-likeness (QED) is 0.759. The van der Waals surface area contributed by atoms with Gasteiger partial charge in [0.25, 0.3) is 0 Å². The van der Waals surface area contributed by atoms with Crippen LogP contribution in [0.15, 0.2) is 24.5 Å². The van der Waals surface area contributed by atoms with Crippen molar-refractivity contribution < 1.29 is 5.11 Å². The summed E-state index contributed by atoms with van der Waals surface area (Å²) in [6.45, 7) is 6.76. The summed E-state index contributed by atoms with van der Waals surface area (Å²) in [6, 6.07) is 5.80. The first kappa shape index (κ1) is 12.1. The van der Waals surface area contributed by atoms with Gasteiger partial charge in [-0.25, -0.2) is 4.98 Å². The number of H-pyrrole nitrogens is 1. The molecule has 0 saturated heterocycles. The SMILES string of the molecule is CC(C)(C)NC[C@H](O)c1cccc2[nH]cnc12. The van der Waals surface area contributed by atoms with Crippen molar-refractivity contribution in [2.24, 2.45) is 0 Å². The molecule has 2 rings (SSSR count). The van der Waals surface area contributed by atoms with E-state index in [2.05, 4.69) is 36.1 Å². The number of para-hydroxylation sites is 1. The van der Waals surface area contributed by atoms with Crippen LogP contribution in [0.5, 0.6) is 0 Å². The maximum absolute atomic E-state index is 10.2. The second-order valence-electron chi connectivity index (χ2n) is 5.29.